The van der Waals surface area contributed by atoms with Crippen molar-refractivity contribution in [1.29, 1.82) is 0 Å². The molecule has 0 aliphatic heterocycles. The zero-order valence-electron chi connectivity index (χ0n) is 15.2. The molecule has 0 spiro atoms. The molecule has 0 saturated carbocycles. The second kappa shape index (κ2) is 6.38. The highest BCUT2D eigenvalue weighted by Crippen LogP contribution is 2.30. The van der Waals surface area contributed by atoms with Gasteiger partial charge in [0.15, 0.2) is 0 Å². The molecule has 0 aliphatic carbocycles. The summed E-state index contributed by atoms with van der Waals surface area (Å²) in [5.74, 6) is 0.192. The predicted molar refractivity (Wildman–Crippen MR) is 107 cm³/mol. The van der Waals surface area contributed by atoms with Crippen molar-refractivity contribution in [1.82, 2.24) is 14.5 Å². The van der Waals surface area contributed by atoms with Gasteiger partial charge in [-0.05, 0) is 30.3 Å². The van der Waals surface area contributed by atoms with E-state index in [4.69, 9.17) is 16.2 Å². The highest BCUT2D eigenvalue weighted by atomic mass is 19.1. The van der Waals surface area contributed by atoms with Crippen molar-refractivity contribution >= 4 is 44.8 Å². The Kier molecular flexibility index (Phi) is 3.99. The topological polar surface area (TPSA) is 121 Å². The molecule has 8 nitrogen and oxygen atoms in total. The van der Waals surface area contributed by atoms with Gasteiger partial charge in [-0.3, -0.25) is 4.79 Å². The minimum Gasteiger partial charge on any atom is -0.495 e. The highest BCUT2D eigenvalue weighted by Gasteiger charge is 2.14. The Morgan fingerprint density at radius 1 is 1.14 bits per heavy atom. The van der Waals surface area contributed by atoms with E-state index in [2.05, 4.69) is 15.3 Å². The molecule has 4 aromatic rings. The smallest absolute Gasteiger partial charge is 0.258 e. The molecule has 4 rings (SSSR count). The van der Waals surface area contributed by atoms with E-state index in [1.807, 2.05) is 0 Å². The van der Waals surface area contributed by atoms with Gasteiger partial charge in [0.25, 0.3) is 5.56 Å². The average Bonchev–Trinajstić information content (AvgIpc) is 2.65. The number of halogens is 1. The maximum Gasteiger partial charge on any atom is 0.258 e. The first-order valence-electron chi connectivity index (χ1n) is 8.33. The molecule has 142 valence electrons. The van der Waals surface area contributed by atoms with Gasteiger partial charge in [0.05, 0.1) is 29.9 Å². The number of nitrogens with two attached hydrogens (primary N) is 2. The Hall–Kier alpha value is -3.88. The summed E-state index contributed by atoms with van der Waals surface area (Å²) >= 11 is 0. The second-order valence-corrected chi connectivity index (χ2v) is 6.33. The van der Waals surface area contributed by atoms with E-state index in [0.717, 1.165) is 0 Å². The number of hydrogen-bond donors (Lipinski definition) is 3. The summed E-state index contributed by atoms with van der Waals surface area (Å²) in [5.41, 5.74) is 13.5. The number of nitrogens with one attached hydrogen (secondary N) is 1. The second-order valence-electron chi connectivity index (χ2n) is 6.33. The lowest BCUT2D eigenvalue weighted by atomic mass is 10.1. The number of ether oxygens (including phenoxy) is 1. The minimum absolute atomic E-state index is 0.223. The molecule has 2 heterocycles. The largest absolute Gasteiger partial charge is 0.495 e. The lowest BCUT2D eigenvalue weighted by molar-refractivity contribution is 0.417. The highest BCUT2D eigenvalue weighted by molar-refractivity contribution is 6.05. The van der Waals surface area contributed by atoms with E-state index in [1.165, 1.54) is 30.0 Å². The van der Waals surface area contributed by atoms with E-state index in [-0.39, 0.29) is 17.2 Å². The number of nitrogen functional groups attached to an aromatic ring is 2. The van der Waals surface area contributed by atoms with E-state index in [1.54, 1.807) is 25.2 Å². The number of anilines is 4. The van der Waals surface area contributed by atoms with E-state index >= 15 is 0 Å². The molecular weight excluding hydrogens is 363 g/mol. The van der Waals surface area contributed by atoms with Gasteiger partial charge in [-0.25, -0.2) is 14.4 Å². The third-order valence-corrected chi connectivity index (χ3v) is 4.47. The van der Waals surface area contributed by atoms with Gasteiger partial charge in [0.2, 0.25) is 5.95 Å². The van der Waals surface area contributed by atoms with E-state index in [9.17, 15) is 9.18 Å². The molecule has 0 unspecified atom stereocenters. The van der Waals surface area contributed by atoms with Gasteiger partial charge in [0, 0.05) is 23.8 Å². The molecule has 2 aromatic carbocycles. The third-order valence-electron chi connectivity index (χ3n) is 4.47. The summed E-state index contributed by atoms with van der Waals surface area (Å²) in [4.78, 5) is 21.4. The van der Waals surface area contributed by atoms with Crippen LogP contribution < -0.4 is 27.1 Å². The summed E-state index contributed by atoms with van der Waals surface area (Å²) < 4.78 is 20.3. The first-order valence-corrected chi connectivity index (χ1v) is 8.33. The minimum atomic E-state index is -0.476. The molecule has 28 heavy (non-hydrogen) atoms. The summed E-state index contributed by atoms with van der Waals surface area (Å²) in [7, 11) is 3.13. The van der Waals surface area contributed by atoms with Crippen LogP contribution in [0.4, 0.5) is 27.4 Å². The number of methoxy groups -OCH3 is 1. The van der Waals surface area contributed by atoms with Crippen LogP contribution in [0.3, 0.4) is 0 Å². The lowest BCUT2D eigenvalue weighted by Gasteiger charge is -2.12. The number of fused-ring (bicyclic) bond motifs is 3. The van der Waals surface area contributed by atoms with Gasteiger partial charge in [-0.1, -0.05) is 0 Å². The molecule has 0 saturated heterocycles. The quantitative estimate of drug-likeness (QED) is 0.369. The van der Waals surface area contributed by atoms with Crippen LogP contribution in [0.5, 0.6) is 5.75 Å². The molecular formula is C19H17FN6O2. The fourth-order valence-electron chi connectivity index (χ4n) is 3.13. The Bertz CT molecular complexity index is 1280. The molecule has 2 aromatic heterocycles. The van der Waals surface area contributed by atoms with Crippen molar-refractivity contribution in [2.24, 2.45) is 7.05 Å². The number of nitrogens with zero attached hydrogens (tertiary/aromatic N) is 3. The summed E-state index contributed by atoms with van der Waals surface area (Å²) in [6, 6.07) is 7.31. The van der Waals surface area contributed by atoms with Crippen LogP contribution in [-0.4, -0.2) is 21.6 Å². The zero-order chi connectivity index (χ0) is 20.0. The van der Waals surface area contributed by atoms with Crippen molar-refractivity contribution in [2.45, 2.75) is 0 Å². The van der Waals surface area contributed by atoms with Crippen LogP contribution >= 0.6 is 0 Å². The van der Waals surface area contributed by atoms with Crippen LogP contribution in [0.1, 0.15) is 0 Å². The van der Waals surface area contributed by atoms with Gasteiger partial charge in [-0.15, -0.1) is 0 Å². The van der Waals surface area contributed by atoms with Crippen molar-refractivity contribution < 1.29 is 9.13 Å². The Morgan fingerprint density at radius 2 is 1.93 bits per heavy atom. The molecule has 0 bridgehead atoms. The van der Waals surface area contributed by atoms with Crippen molar-refractivity contribution in [3.05, 3.63) is 52.7 Å². The number of aryl methyl sites for hydroxylation is 1. The van der Waals surface area contributed by atoms with Crippen molar-refractivity contribution in [2.75, 3.05) is 23.9 Å². The maximum atomic E-state index is 13.6. The molecule has 0 aliphatic rings. The third kappa shape index (κ3) is 2.82. The predicted octanol–water partition coefficient (Wildman–Crippen LogP) is 2.54. The van der Waals surface area contributed by atoms with Crippen LogP contribution in [-0.2, 0) is 7.05 Å². The Labute approximate surface area is 158 Å². The van der Waals surface area contributed by atoms with Crippen molar-refractivity contribution in [3.8, 4) is 5.75 Å². The lowest BCUT2D eigenvalue weighted by Crippen LogP contribution is -2.18. The van der Waals surface area contributed by atoms with Crippen LogP contribution in [0.2, 0.25) is 0 Å². The fraction of sp³-hybridized carbons (Fsp3) is 0.105. The summed E-state index contributed by atoms with van der Waals surface area (Å²) in [6.45, 7) is 0. The fourth-order valence-corrected chi connectivity index (χ4v) is 3.13. The number of pyridine rings is 1. The molecule has 9 heteroatoms. The number of hydrogen-bond acceptors (Lipinski definition) is 7. The number of aromatic nitrogens is 3. The van der Waals surface area contributed by atoms with Gasteiger partial charge < -0.3 is 26.1 Å². The molecule has 0 radical (unpaired) electrons. The molecule has 5 N–H and O–H groups in total. The van der Waals surface area contributed by atoms with E-state index in [0.29, 0.717) is 38.9 Å². The monoisotopic (exact) mass is 380 g/mol. The zero-order valence-corrected chi connectivity index (χ0v) is 15.2. The average molecular weight is 380 g/mol. The Morgan fingerprint density at radius 3 is 2.64 bits per heavy atom. The van der Waals surface area contributed by atoms with Gasteiger partial charge in [-0.2, -0.15) is 0 Å². The van der Waals surface area contributed by atoms with Gasteiger partial charge >= 0.3 is 0 Å². The van der Waals surface area contributed by atoms with Crippen LogP contribution in [0, 0.1) is 5.82 Å². The van der Waals surface area contributed by atoms with Crippen molar-refractivity contribution in [3.63, 3.8) is 0 Å². The summed E-state index contributed by atoms with van der Waals surface area (Å²) in [5, 5.41) is 3.92. The normalized spacial score (nSPS) is 11.1. The first kappa shape index (κ1) is 17.5. The molecule has 0 atom stereocenters. The molecule has 0 amide bonds. The summed E-state index contributed by atoms with van der Waals surface area (Å²) in [6.07, 6.45) is 1.52. The molecule has 0 fully saturated rings. The Balaban J connectivity index is 1.95. The number of benzene rings is 2. The number of rotatable bonds is 3. The van der Waals surface area contributed by atoms with E-state index < -0.39 is 5.82 Å². The first-order chi connectivity index (χ1) is 13.4. The SMILES string of the molecule is COc1cc2c(cc1N)c(=O)n(C)c1cnc(Nc3cc(N)cc(F)c3)nc21. The standard InChI is InChI=1S/C19H17FN6O2/c1-26-15-8-23-19(24-11-4-9(20)3-10(21)5-11)25-17(15)12-7-16(28-2)14(22)6-13(12)18(26)27/h3-8H,21-22H2,1-2H3,(H,23,24,25). The maximum absolute atomic E-state index is 13.6. The van der Waals surface area contributed by atoms with Crippen LogP contribution in [0.15, 0.2) is 41.3 Å². The van der Waals surface area contributed by atoms with Gasteiger partial charge in [0.1, 0.15) is 17.1 Å². The van der Waals surface area contributed by atoms with Crippen LogP contribution in [0.25, 0.3) is 21.8 Å².